The number of amides is 2. The van der Waals surface area contributed by atoms with Crippen molar-refractivity contribution in [2.45, 2.75) is 74.6 Å². The van der Waals surface area contributed by atoms with Crippen LogP contribution in [0.15, 0.2) is 0 Å². The number of aromatic nitrogens is 3. The van der Waals surface area contributed by atoms with Gasteiger partial charge in [0, 0.05) is 42.9 Å². The van der Waals surface area contributed by atoms with Gasteiger partial charge in [-0.2, -0.15) is 18.3 Å². The normalized spacial score (nSPS) is 29.9. The minimum absolute atomic E-state index is 0.105. The van der Waals surface area contributed by atoms with E-state index in [0.29, 0.717) is 18.3 Å². The van der Waals surface area contributed by atoms with Gasteiger partial charge < -0.3 is 20.2 Å². The van der Waals surface area contributed by atoms with Crippen LogP contribution in [0.1, 0.15) is 68.9 Å². The van der Waals surface area contributed by atoms with E-state index in [1.165, 1.54) is 0 Å². The van der Waals surface area contributed by atoms with Crippen LogP contribution in [-0.2, 0) is 5.60 Å². The number of nitrogens with zero attached hydrogens (tertiary/aromatic N) is 4. The summed E-state index contributed by atoms with van der Waals surface area (Å²) in [7, 11) is 0. The molecule has 6 aliphatic rings. The van der Waals surface area contributed by atoms with E-state index in [1.807, 2.05) is 9.80 Å². The summed E-state index contributed by atoms with van der Waals surface area (Å²) < 4.78 is 39.2. The Balaban J connectivity index is 0.832. The number of nitrogens with one attached hydrogen (secondary N) is 2. The molecule has 4 saturated carbocycles. The molecule has 11 heteroatoms. The van der Waals surface area contributed by atoms with Crippen LogP contribution in [0.3, 0.4) is 0 Å². The van der Waals surface area contributed by atoms with Crippen LogP contribution in [0.5, 0.6) is 0 Å². The molecule has 3 heterocycles. The lowest BCUT2D eigenvalue weighted by molar-refractivity contribution is -0.168. The Kier molecular flexibility index (Phi) is 4.07. The third-order valence-corrected chi connectivity index (χ3v) is 9.50. The first-order valence-corrected chi connectivity index (χ1v) is 12.5. The van der Waals surface area contributed by atoms with Gasteiger partial charge >= 0.3 is 12.2 Å². The molecule has 7 rings (SSSR count). The predicted octanol–water partition coefficient (Wildman–Crippen LogP) is 2.48. The molecule has 1 aromatic heterocycles. The molecule has 6 fully saturated rings. The van der Waals surface area contributed by atoms with E-state index < -0.39 is 17.3 Å². The second-order valence-corrected chi connectivity index (χ2v) is 12.4. The van der Waals surface area contributed by atoms with Crippen molar-refractivity contribution in [2.24, 2.45) is 16.7 Å². The van der Waals surface area contributed by atoms with Gasteiger partial charge in [0.05, 0.1) is 0 Å². The second kappa shape index (κ2) is 6.46. The maximum absolute atomic E-state index is 13.1. The molecule has 0 aromatic carbocycles. The van der Waals surface area contributed by atoms with E-state index in [-0.39, 0.29) is 35.6 Å². The number of likely N-dealkylation sites (tertiary alicyclic amines) is 2. The van der Waals surface area contributed by atoms with Crippen LogP contribution >= 0.6 is 0 Å². The average molecular weight is 481 g/mol. The van der Waals surface area contributed by atoms with Gasteiger partial charge in [-0.1, -0.05) is 0 Å². The van der Waals surface area contributed by atoms with Crippen molar-refractivity contribution in [3.05, 3.63) is 11.6 Å². The molecule has 2 spiro atoms. The van der Waals surface area contributed by atoms with E-state index in [4.69, 9.17) is 0 Å². The number of H-pyrrole nitrogens is 1. The quantitative estimate of drug-likeness (QED) is 0.602. The highest BCUT2D eigenvalue weighted by atomic mass is 19.4. The lowest BCUT2D eigenvalue weighted by atomic mass is 9.57. The Hall–Kier alpha value is -1.88. The third kappa shape index (κ3) is 3.14. The zero-order valence-corrected chi connectivity index (χ0v) is 19.1. The zero-order chi connectivity index (χ0) is 23.6. The minimum atomic E-state index is -4.15. The summed E-state index contributed by atoms with van der Waals surface area (Å²) in [6.45, 7) is 3.47. The van der Waals surface area contributed by atoms with Crippen molar-refractivity contribution in [3.8, 4) is 0 Å². The minimum Gasteiger partial charge on any atom is -0.382 e. The third-order valence-electron chi connectivity index (χ3n) is 9.50. The number of hydrogen-bond acceptors (Lipinski definition) is 5. The lowest BCUT2D eigenvalue weighted by Crippen LogP contribution is -2.71. The van der Waals surface area contributed by atoms with Gasteiger partial charge in [0.1, 0.15) is 17.0 Å². The summed E-state index contributed by atoms with van der Waals surface area (Å²) in [5.41, 5.74) is -2.11. The molecular weight excluding hydrogens is 449 g/mol. The molecule has 2 saturated heterocycles. The van der Waals surface area contributed by atoms with Crippen molar-refractivity contribution in [1.29, 1.82) is 0 Å². The summed E-state index contributed by atoms with van der Waals surface area (Å²) in [5, 5.41) is 20.1. The van der Waals surface area contributed by atoms with E-state index in [9.17, 15) is 23.1 Å². The van der Waals surface area contributed by atoms with Gasteiger partial charge in [-0.05, 0) is 63.8 Å². The maximum atomic E-state index is 13.1. The first-order chi connectivity index (χ1) is 16.0. The van der Waals surface area contributed by atoms with Crippen LogP contribution < -0.4 is 5.32 Å². The number of urea groups is 1. The summed E-state index contributed by atoms with van der Waals surface area (Å²) in [5.74, 6) is 1.98. The summed E-state index contributed by atoms with van der Waals surface area (Å²) in [6, 6.07) is 0.105. The fourth-order valence-corrected chi connectivity index (χ4v) is 7.03. The highest BCUT2D eigenvalue weighted by molar-refractivity contribution is 5.77. The molecule has 0 bridgehead atoms. The smallest absolute Gasteiger partial charge is 0.382 e. The molecule has 2 amide bonds. The highest BCUT2D eigenvalue weighted by Crippen LogP contribution is 2.57. The molecule has 3 N–H and O–H groups in total. The average Bonchev–Trinajstić information content (AvgIpc) is 3.55. The monoisotopic (exact) mass is 480 g/mol. The number of carbonyl (C=O) groups excluding carboxylic acids is 1. The molecule has 4 aliphatic carbocycles. The summed E-state index contributed by atoms with van der Waals surface area (Å²) >= 11 is 0. The van der Waals surface area contributed by atoms with E-state index in [0.717, 1.165) is 70.5 Å². The fraction of sp³-hybridized carbons (Fsp3) is 0.870. The summed E-state index contributed by atoms with van der Waals surface area (Å²) in [6.07, 6.45) is 1.49. The number of halogens is 3. The number of carbonyl (C=O) groups is 1. The van der Waals surface area contributed by atoms with Crippen LogP contribution in [-0.4, -0.2) is 80.6 Å². The zero-order valence-electron chi connectivity index (χ0n) is 19.1. The standard InChI is InChI=1S/C23H31F3N6O2/c24-23(25,26)22(3-4-22)27-9-14-5-19(6-14)10-31(11-19)18(33)32-12-20(13-32)7-15(8-20)16-28-17(30-29-16)21(34)1-2-21/h14-15,27,34H,1-13H2,(H,28,29,30). The van der Waals surface area contributed by atoms with Crippen LogP contribution in [0.4, 0.5) is 18.0 Å². The van der Waals surface area contributed by atoms with Gasteiger partial charge in [-0.3, -0.25) is 5.10 Å². The van der Waals surface area contributed by atoms with E-state index >= 15 is 0 Å². The molecule has 2 aliphatic heterocycles. The molecule has 0 radical (unpaired) electrons. The van der Waals surface area contributed by atoms with Gasteiger partial charge in [-0.25, -0.2) is 9.78 Å². The van der Waals surface area contributed by atoms with Gasteiger partial charge in [-0.15, -0.1) is 0 Å². The molecular formula is C23H31F3N6O2. The fourth-order valence-electron chi connectivity index (χ4n) is 7.03. The Morgan fingerprint density at radius 2 is 1.62 bits per heavy atom. The van der Waals surface area contributed by atoms with Crippen molar-refractivity contribution in [3.63, 3.8) is 0 Å². The molecule has 1 aromatic rings. The number of aliphatic hydroxyl groups is 1. The van der Waals surface area contributed by atoms with Gasteiger partial charge in [0.25, 0.3) is 0 Å². The predicted molar refractivity (Wildman–Crippen MR) is 114 cm³/mol. The Morgan fingerprint density at radius 3 is 2.15 bits per heavy atom. The molecule has 8 nitrogen and oxygen atoms in total. The molecule has 34 heavy (non-hydrogen) atoms. The Labute approximate surface area is 195 Å². The Bertz CT molecular complexity index is 1000. The Morgan fingerprint density at radius 1 is 1.03 bits per heavy atom. The first-order valence-electron chi connectivity index (χ1n) is 12.5. The number of hydrogen-bond donors (Lipinski definition) is 3. The summed E-state index contributed by atoms with van der Waals surface area (Å²) in [4.78, 5) is 21.2. The van der Waals surface area contributed by atoms with Gasteiger partial charge in [0.2, 0.25) is 0 Å². The second-order valence-electron chi connectivity index (χ2n) is 12.4. The number of aromatic amines is 1. The number of alkyl halides is 3. The van der Waals surface area contributed by atoms with E-state index in [2.05, 4.69) is 20.5 Å². The van der Waals surface area contributed by atoms with Crippen LogP contribution in [0.2, 0.25) is 0 Å². The van der Waals surface area contributed by atoms with Crippen molar-refractivity contribution < 1.29 is 23.1 Å². The van der Waals surface area contributed by atoms with Crippen molar-refractivity contribution in [2.75, 3.05) is 32.7 Å². The number of rotatable bonds is 5. The largest absolute Gasteiger partial charge is 0.406 e. The lowest BCUT2D eigenvalue weighted by Gasteiger charge is -2.63. The topological polar surface area (TPSA) is 97.4 Å². The van der Waals surface area contributed by atoms with E-state index in [1.54, 1.807) is 0 Å². The van der Waals surface area contributed by atoms with Crippen LogP contribution in [0, 0.1) is 16.7 Å². The maximum Gasteiger partial charge on any atom is 0.406 e. The van der Waals surface area contributed by atoms with Crippen LogP contribution in [0.25, 0.3) is 0 Å². The van der Waals surface area contributed by atoms with Gasteiger partial charge in [0.15, 0.2) is 5.82 Å². The highest BCUT2D eigenvalue weighted by Gasteiger charge is 2.64. The first kappa shape index (κ1) is 21.4. The van der Waals surface area contributed by atoms with Crippen molar-refractivity contribution in [1.82, 2.24) is 30.3 Å². The molecule has 0 unspecified atom stereocenters. The SMILES string of the molecule is O=C(N1CC2(CC(CNC3(C(F)(F)F)CC3)C2)C1)N1CC2(CC(c3nc(C4(O)CC4)n[nH]3)C2)C1. The molecule has 0 atom stereocenters. The van der Waals surface area contributed by atoms with Crippen molar-refractivity contribution >= 4 is 6.03 Å². The molecule has 186 valence electrons.